The van der Waals surface area contributed by atoms with Gasteiger partial charge in [-0.25, -0.2) is 13.2 Å². The van der Waals surface area contributed by atoms with Crippen molar-refractivity contribution in [2.24, 2.45) is 0 Å². The Morgan fingerprint density at radius 2 is 1.78 bits per heavy atom. The van der Waals surface area contributed by atoms with E-state index in [1.165, 1.54) is 13.2 Å². The molecule has 0 radical (unpaired) electrons. The van der Waals surface area contributed by atoms with E-state index >= 15 is 0 Å². The van der Waals surface area contributed by atoms with Gasteiger partial charge in [0.15, 0.2) is 0 Å². The van der Waals surface area contributed by atoms with Crippen molar-refractivity contribution >= 4 is 39.0 Å². The molecule has 0 aliphatic carbocycles. The molecule has 1 atom stereocenters. The van der Waals surface area contributed by atoms with Crippen LogP contribution in [-0.4, -0.2) is 40.5 Å². The number of cyclic esters (lactones) is 1. The number of carbonyl (C=O) groups is 2. The van der Waals surface area contributed by atoms with Crippen LogP contribution in [0.2, 0.25) is 0 Å². The van der Waals surface area contributed by atoms with Gasteiger partial charge in [-0.05, 0) is 49.2 Å². The van der Waals surface area contributed by atoms with Crippen LogP contribution in [0, 0.1) is 0 Å². The molecule has 0 aromatic heterocycles. The van der Waals surface area contributed by atoms with Gasteiger partial charge in [-0.1, -0.05) is 30.3 Å². The Labute approximate surface area is 215 Å². The van der Waals surface area contributed by atoms with Crippen LogP contribution in [0.1, 0.15) is 41.3 Å². The molecule has 9 nitrogen and oxygen atoms in total. The lowest BCUT2D eigenvalue weighted by molar-refractivity contribution is -0.118. The van der Waals surface area contributed by atoms with Crippen LogP contribution in [0.15, 0.2) is 71.6 Å². The number of nitrogens with one attached hydrogen (secondary N) is 2. The summed E-state index contributed by atoms with van der Waals surface area (Å²) in [5.41, 5.74) is 2.32. The summed E-state index contributed by atoms with van der Waals surface area (Å²) in [6.45, 7) is 1.49. The molecule has 3 aromatic carbocycles. The lowest BCUT2D eigenvalue weighted by atomic mass is 10.0. The minimum Gasteiger partial charge on any atom is -0.495 e. The lowest BCUT2D eigenvalue weighted by Gasteiger charge is -2.23. The summed E-state index contributed by atoms with van der Waals surface area (Å²) in [5.74, 6) is -0.465. The number of fused-ring (bicyclic) bond motifs is 1. The number of rotatable bonds is 8. The molecule has 37 heavy (non-hydrogen) atoms. The highest BCUT2D eigenvalue weighted by Gasteiger charge is 2.32. The number of ether oxygens (including phenoxy) is 2. The van der Waals surface area contributed by atoms with E-state index in [0.29, 0.717) is 33.9 Å². The van der Waals surface area contributed by atoms with Crippen LogP contribution >= 0.6 is 0 Å². The summed E-state index contributed by atoms with van der Waals surface area (Å²) in [6.07, 6.45) is 1.17. The normalized spacial score (nSPS) is 16.7. The maximum absolute atomic E-state index is 13.6. The fraction of sp³-hybridized carbons (Fsp3) is 0.259. The van der Waals surface area contributed by atoms with Gasteiger partial charge in [0.05, 0.1) is 30.5 Å². The Morgan fingerprint density at radius 1 is 1.05 bits per heavy atom. The number of carbonyl (C=O) groups excluding carboxylic acids is 2. The van der Waals surface area contributed by atoms with Crippen molar-refractivity contribution in [1.82, 2.24) is 0 Å². The first kappa shape index (κ1) is 24.6. The van der Waals surface area contributed by atoms with Crippen molar-refractivity contribution < 1.29 is 27.5 Å². The van der Waals surface area contributed by atoms with Crippen LogP contribution in [-0.2, 0) is 19.6 Å². The molecule has 1 saturated heterocycles. The largest absolute Gasteiger partial charge is 0.495 e. The summed E-state index contributed by atoms with van der Waals surface area (Å²) < 4.78 is 40.4. The van der Waals surface area contributed by atoms with E-state index in [0.717, 1.165) is 25.9 Å². The summed E-state index contributed by atoms with van der Waals surface area (Å²) >= 11 is 0. The van der Waals surface area contributed by atoms with Crippen LogP contribution in [0.5, 0.6) is 5.75 Å². The molecule has 2 aliphatic rings. The molecule has 2 N–H and O–H groups in total. The Kier molecular flexibility index (Phi) is 6.75. The van der Waals surface area contributed by atoms with Gasteiger partial charge >= 0.3 is 5.97 Å². The zero-order chi connectivity index (χ0) is 26.0. The molecule has 1 amide bonds. The maximum Gasteiger partial charge on any atom is 0.339 e. The number of sulfonamides is 1. The minimum atomic E-state index is -4.03. The second kappa shape index (κ2) is 10.1. The number of benzene rings is 3. The molecule has 0 saturated carbocycles. The Bertz CT molecular complexity index is 1450. The van der Waals surface area contributed by atoms with Gasteiger partial charge in [0, 0.05) is 24.3 Å². The van der Waals surface area contributed by atoms with Gasteiger partial charge in [-0.15, -0.1) is 0 Å². The second-order valence-corrected chi connectivity index (χ2v) is 10.6. The van der Waals surface area contributed by atoms with Crippen LogP contribution in [0.4, 0.5) is 17.1 Å². The van der Waals surface area contributed by atoms with Crippen LogP contribution in [0.25, 0.3) is 0 Å². The van der Waals surface area contributed by atoms with Gasteiger partial charge in [0.2, 0.25) is 5.91 Å². The predicted molar refractivity (Wildman–Crippen MR) is 140 cm³/mol. The van der Waals surface area contributed by atoms with E-state index < -0.39 is 28.0 Å². The third-order valence-electron chi connectivity index (χ3n) is 6.48. The first-order valence-electron chi connectivity index (χ1n) is 12.0. The predicted octanol–water partition coefficient (Wildman–Crippen LogP) is 4.34. The van der Waals surface area contributed by atoms with Gasteiger partial charge in [-0.3, -0.25) is 9.52 Å². The zero-order valence-electron chi connectivity index (χ0n) is 20.3. The highest BCUT2D eigenvalue weighted by Crippen LogP contribution is 2.35. The minimum absolute atomic E-state index is 0.0516. The summed E-state index contributed by atoms with van der Waals surface area (Å²) in [4.78, 5) is 27.0. The van der Waals surface area contributed by atoms with E-state index in [4.69, 9.17) is 9.47 Å². The van der Waals surface area contributed by atoms with E-state index in [1.54, 1.807) is 60.7 Å². The van der Waals surface area contributed by atoms with E-state index in [9.17, 15) is 18.0 Å². The van der Waals surface area contributed by atoms with E-state index in [2.05, 4.69) is 10.0 Å². The maximum atomic E-state index is 13.6. The standard InChI is InChI=1S/C27H27N3O6S/c1-35-23-11-5-4-10-21(23)29-37(33,34)25-16-18(12-13-22(25)30-14-6-7-15-30)28-26(31)17-24-19-8-2-3-9-20(19)27(32)36-24/h2-5,8-13,16,24,29H,6-7,14-15,17H2,1H3,(H,28,31)/t24-/m0/s1. The van der Waals surface area contributed by atoms with Gasteiger partial charge in [-0.2, -0.15) is 0 Å². The monoisotopic (exact) mass is 521 g/mol. The first-order valence-corrected chi connectivity index (χ1v) is 13.5. The topological polar surface area (TPSA) is 114 Å². The number of nitrogens with zero attached hydrogens (tertiary/aromatic N) is 1. The average molecular weight is 522 g/mol. The highest BCUT2D eigenvalue weighted by molar-refractivity contribution is 7.93. The first-order chi connectivity index (χ1) is 17.9. The molecular weight excluding hydrogens is 494 g/mol. The molecule has 2 heterocycles. The molecule has 0 unspecified atom stereocenters. The molecular formula is C27H27N3O6S. The van der Waals surface area contributed by atoms with Crippen molar-refractivity contribution in [3.05, 3.63) is 77.9 Å². The summed E-state index contributed by atoms with van der Waals surface area (Å²) in [5, 5.41) is 2.77. The number of esters is 1. The average Bonchev–Trinajstić information content (AvgIpc) is 3.53. The number of hydrogen-bond acceptors (Lipinski definition) is 7. The number of hydrogen-bond donors (Lipinski definition) is 2. The Morgan fingerprint density at radius 3 is 2.57 bits per heavy atom. The molecule has 0 spiro atoms. The van der Waals surface area contributed by atoms with Crippen molar-refractivity contribution in [1.29, 1.82) is 0 Å². The van der Waals surface area contributed by atoms with Crippen molar-refractivity contribution in [3.63, 3.8) is 0 Å². The van der Waals surface area contributed by atoms with Crippen molar-refractivity contribution in [3.8, 4) is 5.75 Å². The third-order valence-corrected chi connectivity index (χ3v) is 7.87. The molecule has 5 rings (SSSR count). The van der Waals surface area contributed by atoms with Crippen LogP contribution < -0.4 is 19.7 Å². The van der Waals surface area contributed by atoms with Crippen LogP contribution in [0.3, 0.4) is 0 Å². The fourth-order valence-corrected chi connectivity index (χ4v) is 6.03. The number of anilines is 3. The van der Waals surface area contributed by atoms with E-state index in [-0.39, 0.29) is 11.3 Å². The van der Waals surface area contributed by atoms with Gasteiger partial charge in [0.25, 0.3) is 10.0 Å². The Balaban J connectivity index is 1.41. The smallest absolute Gasteiger partial charge is 0.339 e. The molecule has 10 heteroatoms. The van der Waals surface area contributed by atoms with Gasteiger partial charge in [0.1, 0.15) is 16.7 Å². The molecule has 3 aromatic rings. The number of methoxy groups -OCH3 is 1. The zero-order valence-corrected chi connectivity index (χ0v) is 21.1. The van der Waals surface area contributed by atoms with Crippen molar-refractivity contribution in [2.75, 3.05) is 35.1 Å². The second-order valence-electron chi connectivity index (χ2n) is 8.92. The van der Waals surface area contributed by atoms with E-state index in [1.807, 2.05) is 4.90 Å². The quantitative estimate of drug-likeness (QED) is 0.424. The van der Waals surface area contributed by atoms with Gasteiger partial charge < -0.3 is 19.7 Å². The molecule has 192 valence electrons. The Hall–Kier alpha value is -4.05. The third kappa shape index (κ3) is 5.10. The number of amides is 1. The van der Waals surface area contributed by atoms with Crippen molar-refractivity contribution in [2.45, 2.75) is 30.3 Å². The molecule has 0 bridgehead atoms. The lowest BCUT2D eigenvalue weighted by Crippen LogP contribution is -2.23. The summed E-state index contributed by atoms with van der Waals surface area (Å²) in [6, 6.07) is 18.6. The SMILES string of the molecule is COc1ccccc1NS(=O)(=O)c1cc(NC(=O)C[C@@H]2OC(=O)c3ccccc32)ccc1N1CCCC1. The fourth-order valence-electron chi connectivity index (χ4n) is 4.71. The molecule has 1 fully saturated rings. The molecule has 2 aliphatic heterocycles. The highest BCUT2D eigenvalue weighted by atomic mass is 32.2. The number of para-hydroxylation sites is 2. The summed E-state index contributed by atoms with van der Waals surface area (Å²) in [7, 11) is -2.56.